The zero-order chi connectivity index (χ0) is 19.8. The van der Waals surface area contributed by atoms with Gasteiger partial charge in [0.15, 0.2) is 5.78 Å². The maximum absolute atomic E-state index is 12.1. The summed E-state index contributed by atoms with van der Waals surface area (Å²) in [6, 6.07) is 8.83. The molecule has 2 aromatic rings. The molecular formula is C20H22N2O4S. The summed E-state index contributed by atoms with van der Waals surface area (Å²) in [5, 5.41) is 7.21. The van der Waals surface area contributed by atoms with E-state index in [9.17, 15) is 19.2 Å². The van der Waals surface area contributed by atoms with E-state index in [0.29, 0.717) is 16.3 Å². The van der Waals surface area contributed by atoms with Gasteiger partial charge in [-0.2, -0.15) is 0 Å². The summed E-state index contributed by atoms with van der Waals surface area (Å²) in [7, 11) is 0. The molecule has 0 atom stereocenters. The van der Waals surface area contributed by atoms with Crippen LogP contribution in [0.2, 0.25) is 0 Å². The molecule has 0 spiro atoms. The number of ketones is 2. The Morgan fingerprint density at radius 1 is 0.926 bits per heavy atom. The lowest BCUT2D eigenvalue weighted by Crippen LogP contribution is -2.16. The summed E-state index contributed by atoms with van der Waals surface area (Å²) in [6.45, 7) is 3.27. The van der Waals surface area contributed by atoms with Crippen molar-refractivity contribution in [2.24, 2.45) is 0 Å². The van der Waals surface area contributed by atoms with E-state index in [1.54, 1.807) is 24.3 Å². The van der Waals surface area contributed by atoms with Crippen LogP contribution in [0.1, 0.15) is 47.8 Å². The fraction of sp³-hybridized carbons (Fsp3) is 0.300. The summed E-state index contributed by atoms with van der Waals surface area (Å²) in [5.41, 5.74) is 1.94. The molecule has 2 rings (SSSR count). The molecule has 0 radical (unpaired) electrons. The molecule has 27 heavy (non-hydrogen) atoms. The van der Waals surface area contributed by atoms with Gasteiger partial charge in [-0.3, -0.25) is 19.2 Å². The molecule has 7 heteroatoms. The second kappa shape index (κ2) is 9.78. The third-order valence-electron chi connectivity index (χ3n) is 3.82. The Labute approximate surface area is 162 Å². The normalized spacial score (nSPS) is 10.3. The van der Waals surface area contributed by atoms with E-state index in [4.69, 9.17) is 0 Å². The molecule has 0 saturated carbocycles. The summed E-state index contributed by atoms with van der Waals surface area (Å²) in [5.74, 6) is -0.728. The van der Waals surface area contributed by atoms with E-state index in [-0.39, 0.29) is 49.1 Å². The van der Waals surface area contributed by atoms with E-state index >= 15 is 0 Å². The zero-order valence-electron chi connectivity index (χ0n) is 15.3. The van der Waals surface area contributed by atoms with E-state index in [1.165, 1.54) is 18.3 Å². The van der Waals surface area contributed by atoms with Crippen LogP contribution in [0, 0.1) is 6.92 Å². The number of Topliss-reactive ketones (excluding diaryl/α,β-unsaturated/α-hetero) is 2. The van der Waals surface area contributed by atoms with Crippen LogP contribution in [0.5, 0.6) is 0 Å². The average Bonchev–Trinajstić information content (AvgIpc) is 3.14. The van der Waals surface area contributed by atoms with Gasteiger partial charge in [0.25, 0.3) is 0 Å². The molecule has 0 aliphatic heterocycles. The number of hydrogen-bond donors (Lipinski definition) is 2. The third-order valence-corrected chi connectivity index (χ3v) is 4.73. The summed E-state index contributed by atoms with van der Waals surface area (Å²) in [4.78, 5) is 47.9. The monoisotopic (exact) mass is 386 g/mol. The van der Waals surface area contributed by atoms with Crippen LogP contribution in [-0.2, 0) is 14.4 Å². The minimum Gasteiger partial charge on any atom is -0.325 e. The van der Waals surface area contributed by atoms with Crippen LogP contribution in [0.3, 0.4) is 0 Å². The van der Waals surface area contributed by atoms with Crippen molar-refractivity contribution in [3.63, 3.8) is 0 Å². The molecule has 142 valence electrons. The molecule has 1 aromatic carbocycles. The van der Waals surface area contributed by atoms with Gasteiger partial charge >= 0.3 is 0 Å². The van der Waals surface area contributed by atoms with E-state index in [1.807, 2.05) is 18.4 Å². The second-order valence-corrected chi connectivity index (χ2v) is 7.17. The molecular weight excluding hydrogens is 364 g/mol. The van der Waals surface area contributed by atoms with Gasteiger partial charge in [-0.25, -0.2) is 0 Å². The number of rotatable bonds is 9. The van der Waals surface area contributed by atoms with Crippen LogP contribution in [0.4, 0.5) is 11.4 Å². The highest BCUT2D eigenvalue weighted by Crippen LogP contribution is 2.23. The number of carbonyl (C=O) groups is 4. The summed E-state index contributed by atoms with van der Waals surface area (Å²) < 4.78 is 0. The maximum atomic E-state index is 12.1. The van der Waals surface area contributed by atoms with Crippen LogP contribution in [-0.4, -0.2) is 23.4 Å². The number of carbonyl (C=O) groups excluding carboxylic acids is 4. The highest BCUT2D eigenvalue weighted by Gasteiger charge is 2.13. The quantitative estimate of drug-likeness (QED) is 0.638. The van der Waals surface area contributed by atoms with Gasteiger partial charge in [0, 0.05) is 32.6 Å². The first kappa shape index (κ1) is 20.5. The van der Waals surface area contributed by atoms with Crippen molar-refractivity contribution in [3.8, 4) is 0 Å². The zero-order valence-corrected chi connectivity index (χ0v) is 16.2. The Bertz CT molecular complexity index is 844. The largest absolute Gasteiger partial charge is 0.325 e. The Kier molecular flexibility index (Phi) is 7.43. The maximum Gasteiger partial charge on any atom is 0.224 e. The first-order chi connectivity index (χ1) is 12.8. The molecule has 2 N–H and O–H groups in total. The van der Waals surface area contributed by atoms with Gasteiger partial charge in [-0.05, 0) is 36.1 Å². The lowest BCUT2D eigenvalue weighted by Gasteiger charge is -2.12. The lowest BCUT2D eigenvalue weighted by atomic mass is 10.1. The first-order valence-corrected chi connectivity index (χ1v) is 9.49. The second-order valence-electron chi connectivity index (χ2n) is 6.22. The van der Waals surface area contributed by atoms with E-state index < -0.39 is 0 Å². The molecule has 2 amide bonds. The number of nitrogens with one attached hydrogen (secondary N) is 2. The SMILES string of the molecule is CC(=O)Nc1ccc(C)cc1NC(=O)CCC(=O)CCC(=O)c1cccs1. The number of amides is 2. The molecule has 0 aliphatic carbocycles. The van der Waals surface area contributed by atoms with Crippen LogP contribution < -0.4 is 10.6 Å². The Hall–Kier alpha value is -2.80. The molecule has 0 bridgehead atoms. The van der Waals surface area contributed by atoms with Crippen molar-refractivity contribution < 1.29 is 19.2 Å². The Morgan fingerprint density at radius 2 is 1.67 bits per heavy atom. The topological polar surface area (TPSA) is 92.3 Å². The number of aryl methyl sites for hydroxylation is 1. The van der Waals surface area contributed by atoms with Crippen molar-refractivity contribution in [3.05, 3.63) is 46.2 Å². The van der Waals surface area contributed by atoms with Crippen LogP contribution in [0.15, 0.2) is 35.7 Å². The van der Waals surface area contributed by atoms with Gasteiger partial charge < -0.3 is 10.6 Å². The molecule has 0 fully saturated rings. The fourth-order valence-corrected chi connectivity index (χ4v) is 3.16. The van der Waals surface area contributed by atoms with Crippen LogP contribution >= 0.6 is 11.3 Å². The fourth-order valence-electron chi connectivity index (χ4n) is 2.46. The lowest BCUT2D eigenvalue weighted by molar-refractivity contribution is -0.122. The smallest absolute Gasteiger partial charge is 0.224 e. The molecule has 0 saturated heterocycles. The molecule has 1 aromatic heterocycles. The third kappa shape index (κ3) is 6.79. The van der Waals surface area contributed by atoms with Crippen molar-refractivity contribution in [1.29, 1.82) is 0 Å². The number of benzene rings is 1. The first-order valence-electron chi connectivity index (χ1n) is 8.61. The summed E-state index contributed by atoms with van der Waals surface area (Å²) >= 11 is 1.35. The Balaban J connectivity index is 1.82. The number of hydrogen-bond acceptors (Lipinski definition) is 5. The van der Waals surface area contributed by atoms with Crippen molar-refractivity contribution in [1.82, 2.24) is 0 Å². The van der Waals surface area contributed by atoms with Crippen molar-refractivity contribution >= 4 is 46.1 Å². The molecule has 1 heterocycles. The number of thiophene rings is 1. The van der Waals surface area contributed by atoms with Gasteiger partial charge in [0.2, 0.25) is 11.8 Å². The van der Waals surface area contributed by atoms with E-state index in [0.717, 1.165) is 5.56 Å². The predicted molar refractivity (Wildman–Crippen MR) is 106 cm³/mol. The Morgan fingerprint density at radius 3 is 2.33 bits per heavy atom. The van der Waals surface area contributed by atoms with Gasteiger partial charge in [-0.1, -0.05) is 12.1 Å². The number of anilines is 2. The minimum absolute atomic E-state index is 0.0273. The molecule has 6 nitrogen and oxygen atoms in total. The van der Waals surface area contributed by atoms with Crippen LogP contribution in [0.25, 0.3) is 0 Å². The molecule has 0 aliphatic rings. The van der Waals surface area contributed by atoms with Gasteiger partial charge in [0.05, 0.1) is 16.3 Å². The van der Waals surface area contributed by atoms with Gasteiger partial charge in [-0.15, -0.1) is 11.3 Å². The van der Waals surface area contributed by atoms with E-state index in [2.05, 4.69) is 10.6 Å². The minimum atomic E-state index is -0.315. The standard InChI is InChI=1S/C20H22N2O4S/c1-13-5-8-16(21-14(2)23)17(12-13)22-20(26)10-7-15(24)6-9-18(25)19-4-3-11-27-19/h3-5,8,11-12H,6-7,9-10H2,1-2H3,(H,21,23)(H,22,26). The average molecular weight is 386 g/mol. The predicted octanol–water partition coefficient (Wildman–Crippen LogP) is 3.97. The highest BCUT2D eigenvalue weighted by atomic mass is 32.1. The van der Waals surface area contributed by atoms with Crippen molar-refractivity contribution in [2.45, 2.75) is 39.5 Å². The van der Waals surface area contributed by atoms with Crippen molar-refractivity contribution in [2.75, 3.05) is 10.6 Å². The van der Waals surface area contributed by atoms with Gasteiger partial charge in [0.1, 0.15) is 5.78 Å². The summed E-state index contributed by atoms with van der Waals surface area (Å²) in [6.07, 6.45) is 0.390. The molecule has 0 unspecified atom stereocenters. The highest BCUT2D eigenvalue weighted by molar-refractivity contribution is 7.12.